The number of nitrogens with one attached hydrogen (secondary N) is 1. The molecule has 0 unspecified atom stereocenters. The average Bonchev–Trinajstić information content (AvgIpc) is 2.96. The summed E-state index contributed by atoms with van der Waals surface area (Å²) in [6.45, 7) is 0. The van der Waals surface area contributed by atoms with Crippen molar-refractivity contribution in [2.24, 2.45) is 0 Å². The number of benzene rings is 2. The zero-order chi connectivity index (χ0) is 18.2. The van der Waals surface area contributed by atoms with Crippen LogP contribution in [-0.4, -0.2) is 18.3 Å². The predicted molar refractivity (Wildman–Crippen MR) is 87.6 cm³/mol. The van der Waals surface area contributed by atoms with Crippen LogP contribution in [0.15, 0.2) is 47.4 Å². The van der Waals surface area contributed by atoms with Gasteiger partial charge in [-0.25, -0.2) is 13.1 Å². The SMILES string of the molecule is O=[N+]([O-])c1ccc(S(=O)(=O)N[C@H]2CCc3ccccc32)c([N+](=O)[O-])c1. The molecule has 0 aliphatic heterocycles. The van der Waals surface area contributed by atoms with Crippen LogP contribution in [0, 0.1) is 20.2 Å². The van der Waals surface area contributed by atoms with Gasteiger partial charge in [0.1, 0.15) is 0 Å². The Balaban J connectivity index is 1.98. The molecule has 1 atom stereocenters. The lowest BCUT2D eigenvalue weighted by Gasteiger charge is -2.14. The molecule has 0 saturated carbocycles. The van der Waals surface area contributed by atoms with E-state index in [4.69, 9.17) is 0 Å². The van der Waals surface area contributed by atoms with E-state index in [1.165, 1.54) is 0 Å². The molecule has 0 amide bonds. The van der Waals surface area contributed by atoms with Crippen molar-refractivity contribution in [3.05, 3.63) is 73.8 Å². The van der Waals surface area contributed by atoms with Crippen molar-refractivity contribution >= 4 is 21.4 Å². The lowest BCUT2D eigenvalue weighted by Crippen LogP contribution is -2.28. The van der Waals surface area contributed by atoms with Gasteiger partial charge in [-0.05, 0) is 30.0 Å². The van der Waals surface area contributed by atoms with Gasteiger partial charge in [0, 0.05) is 12.1 Å². The summed E-state index contributed by atoms with van der Waals surface area (Å²) in [5.74, 6) is 0. The fourth-order valence-electron chi connectivity index (χ4n) is 2.92. The Morgan fingerprint density at radius 3 is 2.44 bits per heavy atom. The van der Waals surface area contributed by atoms with E-state index in [0.29, 0.717) is 18.9 Å². The van der Waals surface area contributed by atoms with Crippen LogP contribution in [0.4, 0.5) is 11.4 Å². The summed E-state index contributed by atoms with van der Waals surface area (Å²) in [6, 6.07) is 9.34. The van der Waals surface area contributed by atoms with Crippen LogP contribution in [-0.2, 0) is 16.4 Å². The molecule has 25 heavy (non-hydrogen) atoms. The van der Waals surface area contributed by atoms with Gasteiger partial charge in [0.05, 0.1) is 15.9 Å². The van der Waals surface area contributed by atoms with Gasteiger partial charge in [-0.15, -0.1) is 0 Å². The minimum atomic E-state index is -4.22. The van der Waals surface area contributed by atoms with Crippen molar-refractivity contribution in [3.8, 4) is 0 Å². The highest BCUT2D eigenvalue weighted by molar-refractivity contribution is 7.89. The molecule has 1 aliphatic carbocycles. The molecule has 0 radical (unpaired) electrons. The van der Waals surface area contributed by atoms with Gasteiger partial charge in [-0.3, -0.25) is 20.2 Å². The average molecular weight is 363 g/mol. The first-order chi connectivity index (χ1) is 11.8. The van der Waals surface area contributed by atoms with Gasteiger partial charge >= 0.3 is 0 Å². The van der Waals surface area contributed by atoms with Crippen molar-refractivity contribution in [1.29, 1.82) is 0 Å². The summed E-state index contributed by atoms with van der Waals surface area (Å²) >= 11 is 0. The van der Waals surface area contributed by atoms with E-state index in [2.05, 4.69) is 4.72 Å². The molecule has 2 aromatic rings. The quantitative estimate of drug-likeness (QED) is 0.641. The van der Waals surface area contributed by atoms with Crippen LogP contribution in [0.1, 0.15) is 23.6 Å². The van der Waals surface area contributed by atoms with E-state index in [9.17, 15) is 28.6 Å². The van der Waals surface area contributed by atoms with Gasteiger partial charge in [-0.1, -0.05) is 24.3 Å². The molecule has 130 valence electrons. The van der Waals surface area contributed by atoms with Gasteiger partial charge in [0.2, 0.25) is 10.0 Å². The normalized spacial score (nSPS) is 16.4. The highest BCUT2D eigenvalue weighted by Gasteiger charge is 2.32. The van der Waals surface area contributed by atoms with Gasteiger partial charge in [0.15, 0.2) is 4.90 Å². The first-order valence-electron chi connectivity index (χ1n) is 7.32. The highest BCUT2D eigenvalue weighted by Crippen LogP contribution is 2.34. The summed E-state index contributed by atoms with van der Waals surface area (Å²) < 4.78 is 27.7. The third kappa shape index (κ3) is 3.21. The molecular formula is C15H13N3O6S. The Hall–Kier alpha value is -2.85. The second-order valence-electron chi connectivity index (χ2n) is 5.58. The van der Waals surface area contributed by atoms with E-state index in [0.717, 1.165) is 23.3 Å². The number of nitro groups is 2. The van der Waals surface area contributed by atoms with E-state index in [-0.39, 0.29) is 0 Å². The molecule has 0 fully saturated rings. The van der Waals surface area contributed by atoms with Crippen LogP contribution >= 0.6 is 0 Å². The molecule has 2 aromatic carbocycles. The van der Waals surface area contributed by atoms with Crippen molar-refractivity contribution in [1.82, 2.24) is 4.72 Å². The maximum Gasteiger partial charge on any atom is 0.296 e. The minimum Gasteiger partial charge on any atom is -0.258 e. The third-order valence-corrected chi connectivity index (χ3v) is 5.59. The number of sulfonamides is 1. The number of hydrogen-bond acceptors (Lipinski definition) is 6. The summed E-state index contributed by atoms with van der Waals surface area (Å²) in [4.78, 5) is 19.6. The molecule has 10 heteroatoms. The molecule has 0 spiro atoms. The summed E-state index contributed by atoms with van der Waals surface area (Å²) in [5, 5.41) is 21.9. The number of nitrogens with zero attached hydrogens (tertiary/aromatic N) is 2. The molecule has 1 aliphatic rings. The fraction of sp³-hybridized carbons (Fsp3) is 0.200. The largest absolute Gasteiger partial charge is 0.296 e. The fourth-order valence-corrected chi connectivity index (χ4v) is 4.32. The van der Waals surface area contributed by atoms with E-state index >= 15 is 0 Å². The Kier molecular flexibility index (Phi) is 4.23. The zero-order valence-electron chi connectivity index (χ0n) is 12.8. The molecule has 0 aromatic heterocycles. The Labute approximate surface area is 142 Å². The zero-order valence-corrected chi connectivity index (χ0v) is 13.6. The minimum absolute atomic E-state index is 0.490. The van der Waals surface area contributed by atoms with Crippen LogP contribution in [0.2, 0.25) is 0 Å². The Morgan fingerprint density at radius 2 is 1.76 bits per heavy atom. The maximum absolute atomic E-state index is 12.6. The van der Waals surface area contributed by atoms with E-state index < -0.39 is 42.2 Å². The number of hydrogen-bond donors (Lipinski definition) is 1. The second kappa shape index (κ2) is 6.22. The number of aryl methyl sites for hydroxylation is 1. The number of non-ortho nitro benzene ring substituents is 1. The van der Waals surface area contributed by atoms with Gasteiger partial charge in [-0.2, -0.15) is 0 Å². The molecule has 3 rings (SSSR count). The van der Waals surface area contributed by atoms with Crippen molar-refractivity contribution in [2.45, 2.75) is 23.8 Å². The summed E-state index contributed by atoms with van der Waals surface area (Å²) in [5.41, 5.74) is 0.480. The first-order valence-corrected chi connectivity index (χ1v) is 8.81. The first kappa shape index (κ1) is 17.0. The Morgan fingerprint density at radius 1 is 1.04 bits per heavy atom. The second-order valence-corrected chi connectivity index (χ2v) is 7.26. The lowest BCUT2D eigenvalue weighted by molar-refractivity contribution is -0.396. The van der Waals surface area contributed by atoms with Crippen LogP contribution in [0.25, 0.3) is 0 Å². The standard InChI is InChI=1S/C15H13N3O6S/c19-17(20)11-6-8-15(14(9-11)18(21)22)25(23,24)16-13-7-5-10-3-1-2-4-12(10)13/h1-4,6,8-9,13,16H,5,7H2/t13-/m0/s1. The molecule has 0 bridgehead atoms. The molecule has 0 saturated heterocycles. The molecule has 0 heterocycles. The maximum atomic E-state index is 12.6. The molecule has 9 nitrogen and oxygen atoms in total. The van der Waals surface area contributed by atoms with Crippen LogP contribution in [0.3, 0.4) is 0 Å². The summed E-state index contributed by atoms with van der Waals surface area (Å²) in [6.07, 6.45) is 1.24. The van der Waals surface area contributed by atoms with Crippen LogP contribution < -0.4 is 4.72 Å². The Bertz CT molecular complexity index is 973. The predicted octanol–water partition coefficient (Wildman–Crippen LogP) is 2.47. The monoisotopic (exact) mass is 363 g/mol. The molecule has 1 N–H and O–H groups in total. The highest BCUT2D eigenvalue weighted by atomic mass is 32.2. The van der Waals surface area contributed by atoms with E-state index in [1.807, 2.05) is 12.1 Å². The summed E-state index contributed by atoms with van der Waals surface area (Å²) in [7, 11) is -4.22. The third-order valence-electron chi connectivity index (χ3n) is 4.07. The smallest absolute Gasteiger partial charge is 0.258 e. The van der Waals surface area contributed by atoms with E-state index in [1.54, 1.807) is 12.1 Å². The van der Waals surface area contributed by atoms with Gasteiger partial charge < -0.3 is 0 Å². The number of nitro benzene ring substituents is 2. The lowest BCUT2D eigenvalue weighted by atomic mass is 10.1. The van der Waals surface area contributed by atoms with Gasteiger partial charge in [0.25, 0.3) is 11.4 Å². The van der Waals surface area contributed by atoms with Crippen molar-refractivity contribution in [3.63, 3.8) is 0 Å². The number of rotatable bonds is 5. The topological polar surface area (TPSA) is 132 Å². The van der Waals surface area contributed by atoms with Crippen LogP contribution in [0.5, 0.6) is 0 Å². The number of fused-ring (bicyclic) bond motifs is 1. The van der Waals surface area contributed by atoms with Crippen molar-refractivity contribution < 1.29 is 18.3 Å². The molecular weight excluding hydrogens is 350 g/mol. The van der Waals surface area contributed by atoms with Crippen molar-refractivity contribution in [2.75, 3.05) is 0 Å².